The van der Waals surface area contributed by atoms with Crippen molar-refractivity contribution in [3.8, 4) is 6.01 Å². The Kier molecular flexibility index (Phi) is 6.13. The van der Waals surface area contributed by atoms with E-state index in [0.29, 0.717) is 26.2 Å². The normalized spacial score (nSPS) is 29.1. The third-order valence-corrected chi connectivity index (χ3v) is 4.36. The van der Waals surface area contributed by atoms with Crippen LogP contribution in [0.5, 0.6) is 6.01 Å². The third kappa shape index (κ3) is 5.57. The first kappa shape index (κ1) is 20.8. The Morgan fingerprint density at radius 3 is 1.57 bits per heavy atom. The van der Waals surface area contributed by atoms with Crippen molar-refractivity contribution in [1.82, 2.24) is 15.0 Å². The minimum atomic E-state index is -4.48. The molecule has 1 aromatic heterocycles. The first-order valence-electron chi connectivity index (χ1n) is 9.35. The Hall–Kier alpha value is -1.88. The van der Waals surface area contributed by atoms with Gasteiger partial charge in [0.2, 0.25) is 11.9 Å². The van der Waals surface area contributed by atoms with Crippen molar-refractivity contribution in [3.63, 3.8) is 0 Å². The lowest BCUT2D eigenvalue weighted by Crippen LogP contribution is -2.48. The van der Waals surface area contributed by atoms with Crippen molar-refractivity contribution in [1.29, 1.82) is 0 Å². The Bertz CT molecular complexity index is 614. The molecule has 158 valence electrons. The highest BCUT2D eigenvalue weighted by molar-refractivity contribution is 5.41. The zero-order valence-electron chi connectivity index (χ0n) is 16.4. The van der Waals surface area contributed by atoms with Crippen LogP contribution in [0.15, 0.2) is 0 Å². The maximum atomic E-state index is 12.6. The molecule has 0 unspecified atom stereocenters. The summed E-state index contributed by atoms with van der Waals surface area (Å²) in [5, 5.41) is 0. The van der Waals surface area contributed by atoms with Crippen LogP contribution in [-0.2, 0) is 9.47 Å². The fourth-order valence-electron chi connectivity index (χ4n) is 3.51. The maximum Gasteiger partial charge on any atom is 0.422 e. The van der Waals surface area contributed by atoms with Gasteiger partial charge in [0.05, 0.1) is 24.4 Å². The minimum absolute atomic E-state index is 0.0491. The van der Waals surface area contributed by atoms with Crippen LogP contribution in [0, 0.1) is 0 Å². The zero-order valence-corrected chi connectivity index (χ0v) is 16.4. The summed E-state index contributed by atoms with van der Waals surface area (Å²) >= 11 is 0. The summed E-state index contributed by atoms with van der Waals surface area (Å²) in [5.41, 5.74) is 0. The average Bonchev–Trinajstić information content (AvgIpc) is 2.57. The highest BCUT2D eigenvalue weighted by Gasteiger charge is 2.31. The molecule has 0 N–H and O–H groups in total. The second kappa shape index (κ2) is 8.24. The average molecular weight is 405 g/mol. The van der Waals surface area contributed by atoms with E-state index >= 15 is 0 Å². The van der Waals surface area contributed by atoms with E-state index in [2.05, 4.69) is 15.0 Å². The van der Waals surface area contributed by atoms with Crippen molar-refractivity contribution in [2.24, 2.45) is 0 Å². The van der Waals surface area contributed by atoms with Crippen LogP contribution in [0.2, 0.25) is 0 Å². The van der Waals surface area contributed by atoms with E-state index in [4.69, 9.17) is 14.2 Å². The Morgan fingerprint density at radius 1 is 0.821 bits per heavy atom. The first-order valence-corrected chi connectivity index (χ1v) is 9.35. The number of anilines is 2. The van der Waals surface area contributed by atoms with Gasteiger partial charge in [0, 0.05) is 26.2 Å². The Labute approximate surface area is 162 Å². The van der Waals surface area contributed by atoms with Gasteiger partial charge in [-0.2, -0.15) is 28.1 Å². The summed E-state index contributed by atoms with van der Waals surface area (Å²) < 4.78 is 54.1. The van der Waals surface area contributed by atoms with E-state index in [9.17, 15) is 13.2 Å². The van der Waals surface area contributed by atoms with Crippen molar-refractivity contribution >= 4 is 11.9 Å². The van der Waals surface area contributed by atoms with Crippen LogP contribution < -0.4 is 14.5 Å². The molecular formula is C17H26F3N5O3. The van der Waals surface area contributed by atoms with Gasteiger partial charge in [-0.05, 0) is 27.7 Å². The highest BCUT2D eigenvalue weighted by atomic mass is 19.4. The highest BCUT2D eigenvalue weighted by Crippen LogP contribution is 2.25. The third-order valence-electron chi connectivity index (χ3n) is 4.36. The molecule has 0 aliphatic carbocycles. The Balaban J connectivity index is 1.89. The predicted octanol–water partition coefficient (Wildman–Crippen LogP) is 2.04. The van der Waals surface area contributed by atoms with Gasteiger partial charge in [-0.3, -0.25) is 0 Å². The number of hydrogen-bond acceptors (Lipinski definition) is 8. The van der Waals surface area contributed by atoms with E-state index in [0.717, 1.165) is 0 Å². The van der Waals surface area contributed by atoms with Crippen LogP contribution in [0.3, 0.4) is 0 Å². The second-order valence-electron chi connectivity index (χ2n) is 7.45. The van der Waals surface area contributed by atoms with Crippen LogP contribution in [0.4, 0.5) is 25.1 Å². The molecule has 1 aromatic rings. The summed E-state index contributed by atoms with van der Waals surface area (Å²) in [5.74, 6) is 0.576. The first-order chi connectivity index (χ1) is 13.1. The van der Waals surface area contributed by atoms with E-state index in [1.54, 1.807) is 0 Å². The van der Waals surface area contributed by atoms with E-state index in [1.807, 2.05) is 37.5 Å². The van der Waals surface area contributed by atoms with E-state index in [1.165, 1.54) is 0 Å². The molecule has 28 heavy (non-hydrogen) atoms. The minimum Gasteiger partial charge on any atom is -0.454 e. The molecule has 8 nitrogen and oxygen atoms in total. The van der Waals surface area contributed by atoms with Gasteiger partial charge < -0.3 is 24.0 Å². The number of morpholine rings is 2. The molecule has 0 bridgehead atoms. The monoisotopic (exact) mass is 405 g/mol. The van der Waals surface area contributed by atoms with Crippen LogP contribution >= 0.6 is 0 Å². The lowest BCUT2D eigenvalue weighted by Gasteiger charge is -2.37. The fourth-order valence-corrected chi connectivity index (χ4v) is 3.51. The summed E-state index contributed by atoms with van der Waals surface area (Å²) in [4.78, 5) is 16.6. The molecule has 0 aromatic carbocycles. The number of alkyl halides is 3. The van der Waals surface area contributed by atoms with Gasteiger partial charge in [-0.15, -0.1) is 0 Å². The zero-order chi connectivity index (χ0) is 20.5. The molecule has 3 rings (SSSR count). The predicted molar refractivity (Wildman–Crippen MR) is 95.8 cm³/mol. The second-order valence-corrected chi connectivity index (χ2v) is 7.45. The van der Waals surface area contributed by atoms with Crippen LogP contribution in [0.1, 0.15) is 27.7 Å². The van der Waals surface area contributed by atoms with Gasteiger partial charge in [0.25, 0.3) is 0 Å². The lowest BCUT2D eigenvalue weighted by molar-refractivity contribution is -0.154. The number of ether oxygens (including phenoxy) is 3. The molecule has 3 heterocycles. The van der Waals surface area contributed by atoms with E-state index < -0.39 is 12.8 Å². The van der Waals surface area contributed by atoms with Crippen LogP contribution in [-0.4, -0.2) is 78.3 Å². The van der Waals surface area contributed by atoms with Gasteiger partial charge in [0.15, 0.2) is 6.61 Å². The van der Waals surface area contributed by atoms with Gasteiger partial charge in [0.1, 0.15) is 0 Å². The van der Waals surface area contributed by atoms with Crippen molar-refractivity contribution in [3.05, 3.63) is 0 Å². The number of hydrogen-bond donors (Lipinski definition) is 0. The summed E-state index contributed by atoms with van der Waals surface area (Å²) in [7, 11) is 0. The van der Waals surface area contributed by atoms with Gasteiger partial charge in [-0.25, -0.2) is 0 Å². The molecule has 2 aliphatic rings. The van der Waals surface area contributed by atoms with Gasteiger partial charge >= 0.3 is 12.2 Å². The number of halogens is 3. The molecule has 0 amide bonds. The molecule has 0 spiro atoms. The quantitative estimate of drug-likeness (QED) is 0.754. The van der Waals surface area contributed by atoms with Gasteiger partial charge in [-0.1, -0.05) is 0 Å². The molecule has 2 saturated heterocycles. The number of nitrogens with zero attached hydrogens (tertiary/aromatic N) is 5. The van der Waals surface area contributed by atoms with E-state index in [-0.39, 0.29) is 42.3 Å². The lowest BCUT2D eigenvalue weighted by atomic mass is 10.2. The molecule has 0 saturated carbocycles. The van der Waals surface area contributed by atoms with Crippen LogP contribution in [0.25, 0.3) is 0 Å². The SMILES string of the molecule is C[C@@H]1CN(c2nc(OCC(F)(F)F)nc(N3C[C@@H](C)O[C@@H](C)C3)n2)C[C@H](C)O1. The molecule has 2 aliphatic heterocycles. The Morgan fingerprint density at radius 2 is 1.21 bits per heavy atom. The maximum absolute atomic E-state index is 12.6. The number of aromatic nitrogens is 3. The topological polar surface area (TPSA) is 72.8 Å². The molecular weight excluding hydrogens is 379 g/mol. The smallest absolute Gasteiger partial charge is 0.422 e. The largest absolute Gasteiger partial charge is 0.454 e. The molecule has 2 fully saturated rings. The summed E-state index contributed by atoms with van der Waals surface area (Å²) in [6.07, 6.45) is -4.67. The van der Waals surface area contributed by atoms with Crippen molar-refractivity contribution in [2.75, 3.05) is 42.6 Å². The fraction of sp³-hybridized carbons (Fsp3) is 0.824. The number of rotatable bonds is 4. The molecule has 4 atom stereocenters. The molecule has 0 radical (unpaired) electrons. The molecule has 11 heteroatoms. The van der Waals surface area contributed by atoms with Crippen molar-refractivity contribution in [2.45, 2.75) is 58.3 Å². The standard InChI is InChI=1S/C17H26F3N5O3/c1-10-5-24(6-11(2)27-10)14-21-15(25-7-12(3)28-13(4)8-25)23-16(22-14)26-9-17(18,19)20/h10-13H,5-9H2,1-4H3/t10-,11+,12-,13+. The van der Waals surface area contributed by atoms with Crippen molar-refractivity contribution < 1.29 is 27.4 Å². The summed E-state index contributed by atoms with van der Waals surface area (Å²) in [6.45, 7) is 8.38. The summed E-state index contributed by atoms with van der Waals surface area (Å²) in [6, 6.07) is -0.337.